The summed E-state index contributed by atoms with van der Waals surface area (Å²) in [6.07, 6.45) is -0.390. The number of hydrogen-bond acceptors (Lipinski definition) is 5. The topological polar surface area (TPSA) is 87.2 Å². The number of carbonyl (C=O) groups is 2. The van der Waals surface area contributed by atoms with Gasteiger partial charge in [-0.3, -0.25) is 9.10 Å². The summed E-state index contributed by atoms with van der Waals surface area (Å²) in [7, 11) is -2.37. The molecule has 160 valence electrons. The monoisotopic (exact) mass is 431 g/mol. The normalized spacial score (nSPS) is 14.3. The first-order valence-electron chi connectivity index (χ1n) is 9.70. The van der Waals surface area contributed by atoms with Crippen LogP contribution in [0.2, 0.25) is 0 Å². The van der Waals surface area contributed by atoms with Gasteiger partial charge in [-0.2, -0.15) is 0 Å². The molecule has 0 spiro atoms. The number of carbonyl (C=O) groups excluding carboxylic acids is 2. The molecule has 8 nitrogen and oxygen atoms in total. The lowest BCUT2D eigenvalue weighted by Gasteiger charge is -2.34. The Morgan fingerprint density at radius 1 is 0.933 bits per heavy atom. The van der Waals surface area contributed by atoms with Gasteiger partial charge in [0.1, 0.15) is 0 Å². The number of piperazine rings is 1. The van der Waals surface area contributed by atoms with Crippen molar-refractivity contribution in [3.05, 3.63) is 60.2 Å². The van der Waals surface area contributed by atoms with Gasteiger partial charge in [0.25, 0.3) is 15.9 Å². The quantitative estimate of drug-likeness (QED) is 0.726. The predicted octanol–water partition coefficient (Wildman–Crippen LogP) is 2.43. The molecule has 0 N–H and O–H groups in total. The summed E-state index contributed by atoms with van der Waals surface area (Å²) >= 11 is 0. The number of nitrogens with zero attached hydrogens (tertiary/aromatic N) is 3. The second-order valence-corrected chi connectivity index (χ2v) is 8.75. The smallest absolute Gasteiger partial charge is 0.409 e. The fourth-order valence-corrected chi connectivity index (χ4v) is 4.52. The van der Waals surface area contributed by atoms with Gasteiger partial charge in [-0.15, -0.1) is 0 Å². The first kappa shape index (κ1) is 21.6. The molecule has 1 heterocycles. The van der Waals surface area contributed by atoms with Crippen molar-refractivity contribution >= 4 is 27.7 Å². The molecule has 30 heavy (non-hydrogen) atoms. The molecule has 1 saturated heterocycles. The first-order valence-corrected chi connectivity index (χ1v) is 11.1. The average molecular weight is 432 g/mol. The number of amides is 2. The molecule has 0 atom stereocenters. The van der Waals surface area contributed by atoms with E-state index >= 15 is 0 Å². The molecule has 2 aromatic carbocycles. The number of sulfonamides is 1. The first-order chi connectivity index (χ1) is 14.4. The van der Waals surface area contributed by atoms with Gasteiger partial charge < -0.3 is 14.5 Å². The maximum atomic E-state index is 13.2. The third kappa shape index (κ3) is 4.40. The predicted molar refractivity (Wildman–Crippen MR) is 113 cm³/mol. The summed E-state index contributed by atoms with van der Waals surface area (Å²) in [5.74, 6) is -0.274. The van der Waals surface area contributed by atoms with Crippen LogP contribution in [-0.2, 0) is 14.8 Å². The van der Waals surface area contributed by atoms with Gasteiger partial charge in [0.15, 0.2) is 0 Å². The number of rotatable bonds is 5. The molecule has 0 radical (unpaired) electrons. The van der Waals surface area contributed by atoms with Crippen LogP contribution in [0, 0.1) is 0 Å². The number of benzene rings is 2. The Bertz CT molecular complexity index is 1000. The molecule has 9 heteroatoms. The Balaban J connectivity index is 1.80. The van der Waals surface area contributed by atoms with Gasteiger partial charge in [-0.05, 0) is 31.2 Å². The van der Waals surface area contributed by atoms with E-state index < -0.39 is 16.1 Å². The largest absolute Gasteiger partial charge is 0.450 e. The van der Waals surface area contributed by atoms with Crippen molar-refractivity contribution in [1.82, 2.24) is 9.80 Å². The van der Waals surface area contributed by atoms with Crippen LogP contribution in [0.25, 0.3) is 0 Å². The lowest BCUT2D eigenvalue weighted by molar-refractivity contribution is 0.0571. The highest BCUT2D eigenvalue weighted by molar-refractivity contribution is 7.92. The SMILES string of the molecule is CCOC(=O)N1CCN(C(=O)c2ccccc2N(C)S(=O)(=O)c2ccccc2)CC1. The standard InChI is InChI=1S/C21H25N3O5S/c1-3-29-21(26)24-15-13-23(14-16-24)20(25)18-11-7-8-12-19(18)22(2)30(27,28)17-9-5-4-6-10-17/h4-12H,3,13-16H2,1-2H3. The summed E-state index contributed by atoms with van der Waals surface area (Å²) in [4.78, 5) is 28.4. The molecule has 0 saturated carbocycles. The molecule has 1 aliphatic rings. The Hall–Kier alpha value is -3.07. The fourth-order valence-electron chi connectivity index (χ4n) is 3.29. The molecule has 0 bridgehead atoms. The van der Waals surface area contributed by atoms with Crippen LogP contribution < -0.4 is 4.31 Å². The van der Waals surface area contributed by atoms with E-state index in [0.717, 1.165) is 4.31 Å². The summed E-state index contributed by atoms with van der Waals surface area (Å²) in [6.45, 7) is 3.47. The van der Waals surface area contributed by atoms with Crippen molar-refractivity contribution in [2.75, 3.05) is 44.1 Å². The van der Waals surface area contributed by atoms with Gasteiger partial charge in [-0.25, -0.2) is 13.2 Å². The molecule has 2 amide bonds. The van der Waals surface area contributed by atoms with Crippen molar-refractivity contribution in [2.45, 2.75) is 11.8 Å². The Morgan fingerprint density at radius 2 is 1.50 bits per heavy atom. The molecular weight excluding hydrogens is 406 g/mol. The zero-order valence-electron chi connectivity index (χ0n) is 17.0. The maximum Gasteiger partial charge on any atom is 0.409 e. The van der Waals surface area contributed by atoms with E-state index in [1.807, 2.05) is 0 Å². The van der Waals surface area contributed by atoms with Crippen molar-refractivity contribution in [2.24, 2.45) is 0 Å². The maximum absolute atomic E-state index is 13.2. The summed E-state index contributed by atoms with van der Waals surface area (Å²) in [5, 5.41) is 0. The van der Waals surface area contributed by atoms with Crippen LogP contribution in [0.3, 0.4) is 0 Å². The average Bonchev–Trinajstić information content (AvgIpc) is 2.79. The number of hydrogen-bond donors (Lipinski definition) is 0. The Morgan fingerprint density at radius 3 is 2.13 bits per heavy atom. The molecule has 2 aromatic rings. The van der Waals surface area contributed by atoms with E-state index in [2.05, 4.69) is 0 Å². The second-order valence-electron chi connectivity index (χ2n) is 6.78. The van der Waals surface area contributed by atoms with Crippen LogP contribution in [-0.4, -0.2) is 70.1 Å². The van der Waals surface area contributed by atoms with Crippen LogP contribution in [0.5, 0.6) is 0 Å². The minimum absolute atomic E-state index is 0.151. The minimum atomic E-state index is -3.81. The van der Waals surface area contributed by atoms with Gasteiger partial charge >= 0.3 is 6.09 Å². The van der Waals surface area contributed by atoms with Crippen molar-refractivity contribution < 1.29 is 22.7 Å². The Kier molecular flexibility index (Phi) is 6.61. The van der Waals surface area contributed by atoms with Crippen molar-refractivity contribution in [3.63, 3.8) is 0 Å². The molecule has 3 rings (SSSR count). The van der Waals surface area contributed by atoms with E-state index in [-0.39, 0.29) is 10.8 Å². The second kappa shape index (κ2) is 9.17. The van der Waals surface area contributed by atoms with Crippen molar-refractivity contribution in [3.8, 4) is 0 Å². The highest BCUT2D eigenvalue weighted by Crippen LogP contribution is 2.27. The molecule has 1 aliphatic heterocycles. The molecule has 0 unspecified atom stereocenters. The van der Waals surface area contributed by atoms with Crippen molar-refractivity contribution in [1.29, 1.82) is 0 Å². The van der Waals surface area contributed by atoms with Crippen LogP contribution in [0.4, 0.5) is 10.5 Å². The van der Waals surface area contributed by atoms with E-state index in [9.17, 15) is 18.0 Å². The molecule has 0 aliphatic carbocycles. The van der Waals surface area contributed by atoms with Gasteiger partial charge in [0.2, 0.25) is 0 Å². The van der Waals surface area contributed by atoms with E-state index in [1.165, 1.54) is 19.2 Å². The van der Waals surface area contributed by atoms with E-state index in [0.29, 0.717) is 44.0 Å². The Labute approximate surface area is 176 Å². The molecule has 0 aromatic heterocycles. The number of anilines is 1. The highest BCUT2D eigenvalue weighted by Gasteiger charge is 2.29. The zero-order valence-corrected chi connectivity index (χ0v) is 17.8. The van der Waals surface area contributed by atoms with E-state index in [4.69, 9.17) is 4.74 Å². The fraction of sp³-hybridized carbons (Fsp3) is 0.333. The summed E-state index contributed by atoms with van der Waals surface area (Å²) in [5.41, 5.74) is 0.600. The lowest BCUT2D eigenvalue weighted by Crippen LogP contribution is -2.51. The zero-order chi connectivity index (χ0) is 21.7. The van der Waals surface area contributed by atoms with Gasteiger partial charge in [-0.1, -0.05) is 30.3 Å². The molecule has 1 fully saturated rings. The van der Waals surface area contributed by atoms with Crippen LogP contribution >= 0.6 is 0 Å². The number of ether oxygens (including phenoxy) is 1. The minimum Gasteiger partial charge on any atom is -0.450 e. The third-order valence-corrected chi connectivity index (χ3v) is 6.75. The summed E-state index contributed by atoms with van der Waals surface area (Å²) in [6, 6.07) is 14.7. The third-order valence-electron chi connectivity index (χ3n) is 4.97. The van der Waals surface area contributed by atoms with Crippen LogP contribution in [0.1, 0.15) is 17.3 Å². The van der Waals surface area contributed by atoms with Gasteiger partial charge in [0, 0.05) is 33.2 Å². The summed E-state index contributed by atoms with van der Waals surface area (Å²) < 4.78 is 32.1. The number of para-hydroxylation sites is 1. The highest BCUT2D eigenvalue weighted by atomic mass is 32.2. The lowest BCUT2D eigenvalue weighted by atomic mass is 10.1. The van der Waals surface area contributed by atoms with Gasteiger partial charge in [0.05, 0.1) is 22.8 Å². The van der Waals surface area contributed by atoms with Crippen LogP contribution in [0.15, 0.2) is 59.5 Å². The van der Waals surface area contributed by atoms with E-state index in [1.54, 1.807) is 59.2 Å². The molecular formula is C21H25N3O5S.